The molecule has 27 heavy (non-hydrogen) atoms. The Kier molecular flexibility index (Phi) is 8.20. The van der Waals surface area contributed by atoms with E-state index in [0.717, 1.165) is 5.56 Å². The molecule has 0 bridgehead atoms. The van der Waals surface area contributed by atoms with Gasteiger partial charge in [0.15, 0.2) is 0 Å². The van der Waals surface area contributed by atoms with E-state index in [-0.39, 0.29) is 13.0 Å². The van der Waals surface area contributed by atoms with Crippen molar-refractivity contribution < 1.29 is 24.2 Å². The molecule has 1 atom stereocenters. The largest absolute Gasteiger partial charge is 0.480 e. The Labute approximate surface area is 172 Å². The summed E-state index contributed by atoms with van der Waals surface area (Å²) in [7, 11) is 0. The van der Waals surface area contributed by atoms with Crippen molar-refractivity contribution >= 4 is 52.8 Å². The molecule has 1 rings (SSSR count). The number of rotatable bonds is 6. The zero-order valence-corrected chi connectivity index (χ0v) is 17.3. The number of ether oxygens (including phenoxy) is 1. The standard InChI is InChI=1S/C17H21Cl3N2O5/c1-16(2,3)27-15(26)22-12(13(23)24)8-10-4-6-11(7-5-10)9-21-14(25)17(18,19)20/h4-7,12H,8-9H2,1-3H3,(H,21,25)(H,22,26)(H,23,24)/t12-/m0/s1. The summed E-state index contributed by atoms with van der Waals surface area (Å²) < 4.78 is 3.03. The van der Waals surface area contributed by atoms with Gasteiger partial charge < -0.3 is 20.5 Å². The van der Waals surface area contributed by atoms with Crippen LogP contribution in [0.4, 0.5) is 4.79 Å². The van der Waals surface area contributed by atoms with Crippen LogP contribution in [0.25, 0.3) is 0 Å². The number of carbonyl (C=O) groups excluding carboxylic acids is 2. The summed E-state index contributed by atoms with van der Waals surface area (Å²) in [6, 6.07) is 5.61. The minimum atomic E-state index is -2.04. The molecule has 0 radical (unpaired) electrons. The maximum absolute atomic E-state index is 11.8. The van der Waals surface area contributed by atoms with E-state index in [0.29, 0.717) is 5.56 Å². The van der Waals surface area contributed by atoms with Crippen molar-refractivity contribution in [2.75, 3.05) is 0 Å². The molecule has 0 aliphatic rings. The van der Waals surface area contributed by atoms with Gasteiger partial charge in [0.05, 0.1) is 0 Å². The molecule has 0 aromatic heterocycles. The molecule has 0 aliphatic heterocycles. The first-order valence-electron chi connectivity index (χ1n) is 7.93. The van der Waals surface area contributed by atoms with Crippen molar-refractivity contribution in [3.05, 3.63) is 35.4 Å². The fraction of sp³-hybridized carbons (Fsp3) is 0.471. The van der Waals surface area contributed by atoms with E-state index >= 15 is 0 Å². The molecule has 150 valence electrons. The first kappa shape index (κ1) is 23.3. The number of alkyl halides is 3. The molecule has 10 heteroatoms. The highest BCUT2D eigenvalue weighted by Crippen LogP contribution is 2.25. The normalized spacial score (nSPS) is 12.8. The molecule has 2 amide bonds. The first-order valence-corrected chi connectivity index (χ1v) is 9.06. The maximum atomic E-state index is 11.8. The molecule has 7 nitrogen and oxygen atoms in total. The van der Waals surface area contributed by atoms with Crippen LogP contribution in [0.1, 0.15) is 31.9 Å². The lowest BCUT2D eigenvalue weighted by atomic mass is 10.0. The summed E-state index contributed by atoms with van der Waals surface area (Å²) in [6.45, 7) is 5.19. The molecular formula is C17H21Cl3N2O5. The minimum Gasteiger partial charge on any atom is -0.480 e. The topological polar surface area (TPSA) is 105 Å². The number of carboxylic acids is 1. The van der Waals surface area contributed by atoms with Gasteiger partial charge in [0.25, 0.3) is 9.70 Å². The summed E-state index contributed by atoms with van der Waals surface area (Å²) in [5, 5.41) is 14.1. The van der Waals surface area contributed by atoms with Crippen LogP contribution in [0.15, 0.2) is 24.3 Å². The van der Waals surface area contributed by atoms with Gasteiger partial charge >= 0.3 is 12.1 Å². The van der Waals surface area contributed by atoms with Gasteiger partial charge in [-0.2, -0.15) is 0 Å². The summed E-state index contributed by atoms with van der Waals surface area (Å²) in [6.07, 6.45) is -0.740. The lowest BCUT2D eigenvalue weighted by Gasteiger charge is -2.22. The predicted octanol–water partition coefficient (Wildman–Crippen LogP) is 3.19. The van der Waals surface area contributed by atoms with E-state index in [9.17, 15) is 19.5 Å². The number of carbonyl (C=O) groups is 3. The minimum absolute atomic E-state index is 0.0648. The van der Waals surface area contributed by atoms with Gasteiger partial charge in [0.1, 0.15) is 11.6 Å². The zero-order chi connectivity index (χ0) is 20.8. The van der Waals surface area contributed by atoms with Crippen LogP contribution in [0.5, 0.6) is 0 Å². The molecule has 0 fully saturated rings. The van der Waals surface area contributed by atoms with E-state index in [1.165, 1.54) is 0 Å². The van der Waals surface area contributed by atoms with Crippen molar-refractivity contribution in [1.82, 2.24) is 10.6 Å². The fourth-order valence-corrected chi connectivity index (χ4v) is 2.16. The van der Waals surface area contributed by atoms with Crippen LogP contribution in [0, 0.1) is 0 Å². The second kappa shape index (κ2) is 9.48. The molecule has 0 heterocycles. The highest BCUT2D eigenvalue weighted by atomic mass is 35.6. The molecule has 0 saturated carbocycles. The number of carboxylic acid groups (broad SMARTS) is 1. The summed E-state index contributed by atoms with van der Waals surface area (Å²) in [5.74, 6) is -1.93. The molecule has 3 N–H and O–H groups in total. The Morgan fingerprint density at radius 1 is 1.07 bits per heavy atom. The van der Waals surface area contributed by atoms with Gasteiger partial charge in [-0.1, -0.05) is 59.1 Å². The maximum Gasteiger partial charge on any atom is 0.408 e. The molecular weight excluding hydrogens is 419 g/mol. The number of halogens is 3. The third-order valence-electron chi connectivity index (χ3n) is 3.16. The van der Waals surface area contributed by atoms with Gasteiger partial charge in [0.2, 0.25) is 0 Å². The predicted molar refractivity (Wildman–Crippen MR) is 103 cm³/mol. The lowest BCUT2D eigenvalue weighted by Crippen LogP contribution is -2.44. The van der Waals surface area contributed by atoms with Crippen LogP contribution in [-0.2, 0) is 27.3 Å². The Morgan fingerprint density at radius 2 is 1.59 bits per heavy atom. The van der Waals surface area contributed by atoms with Crippen LogP contribution in [-0.4, -0.2) is 38.5 Å². The third kappa shape index (κ3) is 9.17. The number of hydrogen-bond donors (Lipinski definition) is 3. The van der Waals surface area contributed by atoms with Crippen LogP contribution in [0.2, 0.25) is 0 Å². The number of amides is 2. The van der Waals surface area contributed by atoms with Crippen molar-refractivity contribution in [2.24, 2.45) is 0 Å². The third-order valence-corrected chi connectivity index (χ3v) is 3.68. The Bertz CT molecular complexity index is 681. The van der Waals surface area contributed by atoms with E-state index in [1.807, 2.05) is 0 Å². The van der Waals surface area contributed by atoms with Gasteiger partial charge in [0, 0.05) is 13.0 Å². The fourth-order valence-electron chi connectivity index (χ4n) is 1.96. The lowest BCUT2D eigenvalue weighted by molar-refractivity contribution is -0.139. The molecule has 1 aromatic rings. The van der Waals surface area contributed by atoms with Crippen molar-refractivity contribution in [3.8, 4) is 0 Å². The second-order valence-corrected chi connectivity index (χ2v) is 9.02. The van der Waals surface area contributed by atoms with Gasteiger partial charge in [-0.25, -0.2) is 9.59 Å². The monoisotopic (exact) mass is 438 g/mol. The smallest absolute Gasteiger partial charge is 0.408 e. The van der Waals surface area contributed by atoms with E-state index < -0.39 is 33.4 Å². The zero-order valence-electron chi connectivity index (χ0n) is 15.0. The van der Waals surface area contributed by atoms with Crippen LogP contribution in [0.3, 0.4) is 0 Å². The first-order chi connectivity index (χ1) is 12.3. The molecule has 0 saturated heterocycles. The Hall–Kier alpha value is -1.70. The van der Waals surface area contributed by atoms with Gasteiger partial charge in [-0.3, -0.25) is 4.79 Å². The molecule has 0 unspecified atom stereocenters. The summed E-state index contributed by atoms with van der Waals surface area (Å²) in [5.41, 5.74) is 0.676. The number of hydrogen-bond acceptors (Lipinski definition) is 4. The van der Waals surface area contributed by atoms with Crippen molar-refractivity contribution in [2.45, 2.75) is 49.2 Å². The average molecular weight is 440 g/mol. The van der Waals surface area contributed by atoms with Gasteiger partial charge in [-0.15, -0.1) is 0 Å². The van der Waals surface area contributed by atoms with Crippen LogP contribution >= 0.6 is 34.8 Å². The van der Waals surface area contributed by atoms with E-state index in [1.54, 1.807) is 45.0 Å². The second-order valence-electron chi connectivity index (χ2n) is 6.74. The number of nitrogens with one attached hydrogen (secondary N) is 2. The summed E-state index contributed by atoms with van der Waals surface area (Å²) >= 11 is 16.4. The number of benzene rings is 1. The number of alkyl carbamates (subject to hydrolysis) is 1. The quantitative estimate of drug-likeness (QED) is 0.590. The molecule has 0 aliphatic carbocycles. The van der Waals surface area contributed by atoms with Gasteiger partial charge in [-0.05, 0) is 31.9 Å². The molecule has 0 spiro atoms. The van der Waals surface area contributed by atoms with Crippen LogP contribution < -0.4 is 10.6 Å². The Morgan fingerprint density at radius 3 is 2.04 bits per heavy atom. The molecule has 1 aromatic carbocycles. The summed E-state index contributed by atoms with van der Waals surface area (Å²) in [4.78, 5) is 34.7. The number of aliphatic carboxylic acids is 1. The van der Waals surface area contributed by atoms with Crippen molar-refractivity contribution in [1.29, 1.82) is 0 Å². The highest BCUT2D eigenvalue weighted by molar-refractivity contribution is 6.76. The van der Waals surface area contributed by atoms with E-state index in [2.05, 4.69) is 10.6 Å². The highest BCUT2D eigenvalue weighted by Gasteiger charge is 2.30. The SMILES string of the molecule is CC(C)(C)OC(=O)N[C@@H](Cc1ccc(CNC(=O)C(Cl)(Cl)Cl)cc1)C(=O)O. The Balaban J connectivity index is 2.66. The van der Waals surface area contributed by atoms with E-state index in [4.69, 9.17) is 39.5 Å². The average Bonchev–Trinajstić information content (AvgIpc) is 2.50. The van der Waals surface area contributed by atoms with Crippen molar-refractivity contribution in [3.63, 3.8) is 0 Å².